The van der Waals surface area contributed by atoms with Crippen molar-refractivity contribution in [3.63, 3.8) is 0 Å². The molecular weight excluding hydrogens is 467 g/mol. The van der Waals surface area contributed by atoms with Crippen LogP contribution in [0, 0.1) is 0 Å². The van der Waals surface area contributed by atoms with Crippen LogP contribution in [-0.4, -0.2) is 55.7 Å². The summed E-state index contributed by atoms with van der Waals surface area (Å²) in [5, 5.41) is 0. The minimum atomic E-state index is 0. The molecule has 34 heavy (non-hydrogen) atoms. The molecule has 182 valence electrons. The highest BCUT2D eigenvalue weighted by Crippen LogP contribution is 2.25. The van der Waals surface area contributed by atoms with Crippen LogP contribution in [0.25, 0.3) is 6.08 Å². The predicted molar refractivity (Wildman–Crippen MR) is 145 cm³/mol. The number of rotatable bonds is 10. The number of hydrogen-bond donors (Lipinski definition) is 0. The van der Waals surface area contributed by atoms with Gasteiger partial charge in [-0.3, -0.25) is 9.80 Å². The topological polar surface area (TPSA) is 24.9 Å². The highest BCUT2D eigenvalue weighted by molar-refractivity contribution is 5.85. The molecule has 1 fully saturated rings. The summed E-state index contributed by atoms with van der Waals surface area (Å²) in [5.41, 5.74) is 2.34. The number of benzene rings is 3. The molecule has 6 heteroatoms. The van der Waals surface area contributed by atoms with E-state index in [9.17, 15) is 0 Å². The normalized spacial score (nSPS) is 14.4. The summed E-state index contributed by atoms with van der Waals surface area (Å²) in [6.45, 7) is 7.67. The van der Waals surface area contributed by atoms with Crippen molar-refractivity contribution in [1.82, 2.24) is 9.80 Å². The second-order valence-corrected chi connectivity index (χ2v) is 8.03. The van der Waals surface area contributed by atoms with Crippen LogP contribution >= 0.6 is 24.8 Å². The lowest BCUT2D eigenvalue weighted by Crippen LogP contribution is -2.47. The van der Waals surface area contributed by atoms with Crippen LogP contribution in [0.4, 0.5) is 0 Å². The maximum Gasteiger partial charge on any atom is 0.132 e. The molecule has 0 aliphatic carbocycles. The molecule has 1 saturated heterocycles. The molecule has 4 nitrogen and oxygen atoms in total. The third-order valence-corrected chi connectivity index (χ3v) is 5.69. The lowest BCUT2D eigenvalue weighted by atomic mass is 10.2. The molecule has 4 rings (SSSR count). The second kappa shape index (κ2) is 15.5. The van der Waals surface area contributed by atoms with Crippen LogP contribution in [0.15, 0.2) is 91.0 Å². The minimum absolute atomic E-state index is 0. The molecule has 0 N–H and O–H groups in total. The van der Waals surface area contributed by atoms with Crippen LogP contribution in [-0.2, 0) is 11.3 Å². The van der Waals surface area contributed by atoms with Gasteiger partial charge in [0.15, 0.2) is 0 Å². The molecule has 1 heterocycles. The fourth-order valence-corrected chi connectivity index (χ4v) is 3.81. The van der Waals surface area contributed by atoms with E-state index in [0.717, 1.165) is 62.9 Å². The Morgan fingerprint density at radius 2 is 1.32 bits per heavy atom. The van der Waals surface area contributed by atoms with Crippen LogP contribution < -0.4 is 4.74 Å². The summed E-state index contributed by atoms with van der Waals surface area (Å²) in [4.78, 5) is 5.00. The molecule has 0 amide bonds. The average molecular weight is 501 g/mol. The molecule has 3 aromatic rings. The van der Waals surface area contributed by atoms with E-state index in [1.165, 1.54) is 5.56 Å². The van der Waals surface area contributed by atoms with Crippen molar-refractivity contribution < 1.29 is 9.47 Å². The summed E-state index contributed by atoms with van der Waals surface area (Å²) < 4.78 is 12.0. The van der Waals surface area contributed by atoms with Gasteiger partial charge < -0.3 is 9.47 Å². The molecular formula is C28H34Cl2N2O2. The van der Waals surface area contributed by atoms with Crippen molar-refractivity contribution in [2.24, 2.45) is 0 Å². The zero-order valence-corrected chi connectivity index (χ0v) is 21.1. The van der Waals surface area contributed by atoms with Gasteiger partial charge in [0.1, 0.15) is 11.5 Å². The van der Waals surface area contributed by atoms with Gasteiger partial charge in [-0.2, -0.15) is 0 Å². The van der Waals surface area contributed by atoms with Crippen LogP contribution in [0.3, 0.4) is 0 Å². The largest absolute Gasteiger partial charge is 0.457 e. The van der Waals surface area contributed by atoms with Crippen molar-refractivity contribution >= 4 is 30.9 Å². The lowest BCUT2D eigenvalue weighted by molar-refractivity contribution is 0.0704. The average Bonchev–Trinajstić information content (AvgIpc) is 2.85. The van der Waals surface area contributed by atoms with Crippen molar-refractivity contribution in [1.29, 1.82) is 0 Å². The van der Waals surface area contributed by atoms with Crippen molar-refractivity contribution in [3.8, 4) is 11.5 Å². The second-order valence-electron chi connectivity index (χ2n) is 8.03. The van der Waals surface area contributed by atoms with Gasteiger partial charge in [0, 0.05) is 44.8 Å². The first-order valence-electron chi connectivity index (χ1n) is 11.4. The third-order valence-electron chi connectivity index (χ3n) is 5.69. The number of hydrogen-bond acceptors (Lipinski definition) is 4. The Morgan fingerprint density at radius 3 is 2.06 bits per heavy atom. The number of halogens is 2. The molecule has 0 spiro atoms. The zero-order chi connectivity index (χ0) is 21.8. The molecule has 0 saturated carbocycles. The first kappa shape index (κ1) is 27.9. The molecule has 3 aromatic carbocycles. The molecule has 0 bridgehead atoms. The Bertz CT molecular complexity index is 962. The van der Waals surface area contributed by atoms with Gasteiger partial charge >= 0.3 is 0 Å². The fraction of sp³-hybridized carbons (Fsp3) is 0.286. The smallest absolute Gasteiger partial charge is 0.132 e. The third kappa shape index (κ3) is 9.13. The number of ether oxygens (including phenoxy) is 2. The van der Waals surface area contributed by atoms with E-state index in [0.29, 0.717) is 6.61 Å². The van der Waals surface area contributed by atoms with Crippen molar-refractivity contribution in [3.05, 3.63) is 102 Å². The summed E-state index contributed by atoms with van der Waals surface area (Å²) in [6.07, 6.45) is 4.47. The molecule has 0 radical (unpaired) electrons. The first-order valence-corrected chi connectivity index (χ1v) is 11.4. The Hall–Kier alpha value is -2.34. The molecule has 0 unspecified atom stereocenters. The summed E-state index contributed by atoms with van der Waals surface area (Å²) >= 11 is 0. The maximum absolute atomic E-state index is 6.03. The molecule has 0 atom stereocenters. The Balaban J connectivity index is 0.00000204. The number of piperazine rings is 1. The fourth-order valence-electron chi connectivity index (χ4n) is 3.81. The Labute approximate surface area is 216 Å². The van der Waals surface area contributed by atoms with E-state index >= 15 is 0 Å². The van der Waals surface area contributed by atoms with E-state index < -0.39 is 0 Å². The van der Waals surface area contributed by atoms with Crippen LogP contribution in [0.5, 0.6) is 11.5 Å². The molecule has 1 aliphatic rings. The Kier molecular flexibility index (Phi) is 12.8. The van der Waals surface area contributed by atoms with Crippen LogP contribution in [0.2, 0.25) is 0 Å². The van der Waals surface area contributed by atoms with Gasteiger partial charge in [-0.05, 0) is 23.8 Å². The first-order chi connectivity index (χ1) is 15.9. The van der Waals surface area contributed by atoms with Gasteiger partial charge in [-0.25, -0.2) is 0 Å². The zero-order valence-electron chi connectivity index (χ0n) is 19.4. The van der Waals surface area contributed by atoms with Gasteiger partial charge in [0.05, 0.1) is 13.2 Å². The minimum Gasteiger partial charge on any atom is -0.457 e. The highest BCUT2D eigenvalue weighted by atomic mass is 35.5. The number of para-hydroxylation sites is 2. The van der Waals surface area contributed by atoms with E-state index in [-0.39, 0.29) is 24.8 Å². The van der Waals surface area contributed by atoms with Gasteiger partial charge in [0.25, 0.3) is 0 Å². The van der Waals surface area contributed by atoms with E-state index in [1.54, 1.807) is 0 Å². The standard InChI is InChI=1S/C28H32N2O2.2ClH/c1-3-10-25(11-4-1)12-9-17-29-18-20-30(21-19-29)22-23-31-24-26-13-7-8-16-28(26)32-27-14-5-2-6-15-27;;/h1-16H,17-24H2;2*1H/b12-9-;;. The Morgan fingerprint density at radius 1 is 0.706 bits per heavy atom. The molecule has 0 aromatic heterocycles. The van der Waals surface area contributed by atoms with E-state index in [2.05, 4.69) is 58.4 Å². The monoisotopic (exact) mass is 500 g/mol. The SMILES string of the molecule is C(=C/c1ccccc1)/CN1CCN(CCOCc2ccccc2Oc2ccccc2)CC1.Cl.Cl. The van der Waals surface area contributed by atoms with Crippen molar-refractivity contribution in [2.45, 2.75) is 6.61 Å². The van der Waals surface area contributed by atoms with Gasteiger partial charge in [-0.1, -0.05) is 78.9 Å². The van der Waals surface area contributed by atoms with Crippen molar-refractivity contribution in [2.75, 3.05) is 45.9 Å². The summed E-state index contributed by atoms with van der Waals surface area (Å²) in [5.74, 6) is 1.70. The molecule has 1 aliphatic heterocycles. The van der Waals surface area contributed by atoms with E-state index in [1.807, 2.05) is 48.5 Å². The van der Waals surface area contributed by atoms with Gasteiger partial charge in [0.2, 0.25) is 0 Å². The highest BCUT2D eigenvalue weighted by Gasteiger charge is 2.15. The van der Waals surface area contributed by atoms with Gasteiger partial charge in [-0.15, -0.1) is 24.8 Å². The predicted octanol–water partition coefficient (Wildman–Crippen LogP) is 6.17. The quantitative estimate of drug-likeness (QED) is 0.310. The summed E-state index contributed by atoms with van der Waals surface area (Å²) in [7, 11) is 0. The number of nitrogens with zero attached hydrogens (tertiary/aromatic N) is 2. The maximum atomic E-state index is 6.03. The van der Waals surface area contributed by atoms with E-state index in [4.69, 9.17) is 9.47 Å². The van der Waals surface area contributed by atoms with Crippen LogP contribution in [0.1, 0.15) is 11.1 Å². The lowest BCUT2D eigenvalue weighted by Gasteiger charge is -2.34. The summed E-state index contributed by atoms with van der Waals surface area (Å²) in [6, 6.07) is 28.5.